The van der Waals surface area contributed by atoms with Gasteiger partial charge < -0.3 is 5.32 Å². The molecule has 0 amide bonds. The van der Waals surface area contributed by atoms with Gasteiger partial charge in [-0.15, -0.1) is 0 Å². The number of likely N-dealkylation sites (N-methyl/N-ethyl adjacent to an activating group) is 1. The first-order chi connectivity index (χ1) is 9.74. The maximum atomic E-state index is 3.46. The van der Waals surface area contributed by atoms with Crippen molar-refractivity contribution >= 4 is 0 Å². The van der Waals surface area contributed by atoms with Crippen LogP contribution in [0, 0.1) is 0 Å². The number of benzene rings is 1. The minimum absolute atomic E-state index is 0.436. The summed E-state index contributed by atoms with van der Waals surface area (Å²) in [5.74, 6) is 0. The SMILES string of the molecule is CCC(C)N1CCN(CC(NC)c2ccccc2)CC1. The summed E-state index contributed by atoms with van der Waals surface area (Å²) in [4.78, 5) is 5.21. The Labute approximate surface area is 124 Å². The van der Waals surface area contributed by atoms with Crippen molar-refractivity contribution in [3.63, 3.8) is 0 Å². The summed E-state index contributed by atoms with van der Waals surface area (Å²) >= 11 is 0. The Bertz CT molecular complexity index is 371. The lowest BCUT2D eigenvalue weighted by Gasteiger charge is -2.39. The molecule has 1 aromatic carbocycles. The summed E-state index contributed by atoms with van der Waals surface area (Å²) in [5, 5.41) is 3.46. The molecule has 20 heavy (non-hydrogen) atoms. The lowest BCUT2D eigenvalue weighted by molar-refractivity contribution is 0.0945. The van der Waals surface area contributed by atoms with E-state index in [0.717, 1.165) is 12.6 Å². The van der Waals surface area contributed by atoms with E-state index in [4.69, 9.17) is 0 Å². The van der Waals surface area contributed by atoms with Crippen LogP contribution in [0.4, 0.5) is 0 Å². The zero-order valence-corrected chi connectivity index (χ0v) is 13.2. The van der Waals surface area contributed by atoms with Crippen LogP contribution in [0.1, 0.15) is 31.9 Å². The predicted octanol–water partition coefficient (Wildman–Crippen LogP) is 2.36. The Morgan fingerprint density at radius 1 is 1.10 bits per heavy atom. The van der Waals surface area contributed by atoms with Crippen LogP contribution in [-0.4, -0.2) is 55.6 Å². The third-order valence-corrected chi connectivity index (χ3v) is 4.61. The molecule has 0 bridgehead atoms. The highest BCUT2D eigenvalue weighted by atomic mass is 15.3. The first-order valence-electron chi connectivity index (χ1n) is 7.93. The molecule has 2 unspecified atom stereocenters. The molecule has 3 heteroatoms. The maximum absolute atomic E-state index is 3.46. The van der Waals surface area contributed by atoms with Crippen molar-refractivity contribution in [3.05, 3.63) is 35.9 Å². The second-order valence-corrected chi connectivity index (χ2v) is 5.85. The van der Waals surface area contributed by atoms with Crippen molar-refractivity contribution in [2.45, 2.75) is 32.4 Å². The van der Waals surface area contributed by atoms with Crippen molar-refractivity contribution in [1.82, 2.24) is 15.1 Å². The summed E-state index contributed by atoms with van der Waals surface area (Å²) in [7, 11) is 2.06. The Balaban J connectivity index is 1.85. The molecule has 0 aromatic heterocycles. The molecule has 1 heterocycles. The number of hydrogen-bond donors (Lipinski definition) is 1. The number of piperazine rings is 1. The van der Waals surface area contributed by atoms with E-state index < -0.39 is 0 Å². The Kier molecular flexibility index (Phi) is 6.02. The van der Waals surface area contributed by atoms with E-state index in [1.807, 2.05) is 0 Å². The molecule has 112 valence electrons. The number of hydrogen-bond acceptors (Lipinski definition) is 3. The highest BCUT2D eigenvalue weighted by Gasteiger charge is 2.22. The zero-order valence-electron chi connectivity index (χ0n) is 13.2. The first-order valence-corrected chi connectivity index (χ1v) is 7.93. The lowest BCUT2D eigenvalue weighted by Crippen LogP contribution is -2.50. The van der Waals surface area contributed by atoms with Gasteiger partial charge in [-0.1, -0.05) is 37.3 Å². The van der Waals surface area contributed by atoms with Crippen LogP contribution in [0.2, 0.25) is 0 Å². The van der Waals surface area contributed by atoms with Crippen LogP contribution in [0.5, 0.6) is 0 Å². The minimum Gasteiger partial charge on any atom is -0.312 e. The first kappa shape index (κ1) is 15.5. The van der Waals surface area contributed by atoms with Gasteiger partial charge in [0.25, 0.3) is 0 Å². The summed E-state index contributed by atoms with van der Waals surface area (Å²) < 4.78 is 0. The van der Waals surface area contributed by atoms with Gasteiger partial charge in [0.1, 0.15) is 0 Å². The van der Waals surface area contributed by atoms with E-state index in [9.17, 15) is 0 Å². The summed E-state index contributed by atoms with van der Waals surface area (Å²) in [6.07, 6.45) is 1.25. The van der Waals surface area contributed by atoms with Crippen LogP contribution in [0.15, 0.2) is 30.3 Å². The quantitative estimate of drug-likeness (QED) is 0.860. The van der Waals surface area contributed by atoms with Crippen molar-refractivity contribution < 1.29 is 0 Å². The normalized spacial score (nSPS) is 20.8. The summed E-state index contributed by atoms with van der Waals surface area (Å²) in [5.41, 5.74) is 1.39. The molecule has 1 fully saturated rings. The Morgan fingerprint density at radius 3 is 2.30 bits per heavy atom. The molecule has 1 aliphatic rings. The molecule has 0 spiro atoms. The molecule has 1 saturated heterocycles. The van der Waals surface area contributed by atoms with Crippen LogP contribution in [0.25, 0.3) is 0 Å². The number of nitrogens with one attached hydrogen (secondary N) is 1. The van der Waals surface area contributed by atoms with E-state index in [1.54, 1.807) is 0 Å². The molecule has 1 aromatic rings. The third kappa shape index (κ3) is 4.05. The van der Waals surface area contributed by atoms with Crippen molar-refractivity contribution in [2.24, 2.45) is 0 Å². The highest BCUT2D eigenvalue weighted by Crippen LogP contribution is 2.16. The molecule has 1 N–H and O–H groups in total. The van der Waals surface area contributed by atoms with Gasteiger partial charge in [-0.25, -0.2) is 0 Å². The second kappa shape index (κ2) is 7.77. The molecule has 0 aliphatic carbocycles. The van der Waals surface area contributed by atoms with Crippen molar-refractivity contribution in [2.75, 3.05) is 39.8 Å². The van der Waals surface area contributed by atoms with E-state index in [-0.39, 0.29) is 0 Å². The molecule has 0 radical (unpaired) electrons. The van der Waals surface area contributed by atoms with Gasteiger partial charge in [-0.2, -0.15) is 0 Å². The van der Waals surface area contributed by atoms with Gasteiger partial charge in [0.15, 0.2) is 0 Å². The average Bonchev–Trinajstić information content (AvgIpc) is 2.53. The topological polar surface area (TPSA) is 18.5 Å². The molecular weight excluding hydrogens is 246 g/mol. The van der Waals surface area contributed by atoms with E-state index in [2.05, 4.69) is 66.3 Å². The molecule has 3 nitrogen and oxygen atoms in total. The van der Waals surface area contributed by atoms with Gasteiger partial charge in [-0.05, 0) is 26.0 Å². The van der Waals surface area contributed by atoms with Crippen LogP contribution in [0.3, 0.4) is 0 Å². The molecule has 0 saturated carbocycles. The van der Waals surface area contributed by atoms with E-state index >= 15 is 0 Å². The number of rotatable bonds is 6. The molecule has 1 aliphatic heterocycles. The fraction of sp³-hybridized carbons (Fsp3) is 0.647. The van der Waals surface area contributed by atoms with Crippen molar-refractivity contribution in [3.8, 4) is 0 Å². The largest absolute Gasteiger partial charge is 0.312 e. The van der Waals surface area contributed by atoms with Gasteiger partial charge in [0.05, 0.1) is 0 Å². The smallest absolute Gasteiger partial charge is 0.0446 e. The molecular formula is C17H29N3. The van der Waals surface area contributed by atoms with Gasteiger partial charge in [0, 0.05) is 44.8 Å². The van der Waals surface area contributed by atoms with E-state index in [0.29, 0.717) is 6.04 Å². The fourth-order valence-electron chi connectivity index (χ4n) is 2.95. The standard InChI is InChI=1S/C17H29N3/c1-4-15(2)20-12-10-19(11-13-20)14-17(18-3)16-8-6-5-7-9-16/h5-9,15,17-18H,4,10-14H2,1-3H3. The molecule has 2 atom stereocenters. The third-order valence-electron chi connectivity index (χ3n) is 4.61. The van der Waals surface area contributed by atoms with Crippen molar-refractivity contribution in [1.29, 1.82) is 0 Å². The highest BCUT2D eigenvalue weighted by molar-refractivity contribution is 5.19. The van der Waals surface area contributed by atoms with Crippen LogP contribution in [-0.2, 0) is 0 Å². The molecule has 2 rings (SSSR count). The predicted molar refractivity (Wildman–Crippen MR) is 86.0 cm³/mol. The van der Waals surface area contributed by atoms with Crippen LogP contribution < -0.4 is 5.32 Å². The lowest BCUT2D eigenvalue weighted by atomic mass is 10.1. The summed E-state index contributed by atoms with van der Waals surface area (Å²) in [6, 6.07) is 11.9. The second-order valence-electron chi connectivity index (χ2n) is 5.85. The Morgan fingerprint density at radius 2 is 1.75 bits per heavy atom. The minimum atomic E-state index is 0.436. The van der Waals surface area contributed by atoms with E-state index in [1.165, 1.54) is 38.2 Å². The maximum Gasteiger partial charge on any atom is 0.0446 e. The van der Waals surface area contributed by atoms with Crippen LogP contribution >= 0.6 is 0 Å². The van der Waals surface area contributed by atoms with Gasteiger partial charge >= 0.3 is 0 Å². The van der Waals surface area contributed by atoms with Gasteiger partial charge in [0.2, 0.25) is 0 Å². The monoisotopic (exact) mass is 275 g/mol. The average molecular weight is 275 g/mol. The Hall–Kier alpha value is -0.900. The van der Waals surface area contributed by atoms with Gasteiger partial charge in [-0.3, -0.25) is 9.80 Å². The summed E-state index contributed by atoms with van der Waals surface area (Å²) in [6.45, 7) is 10.5. The fourth-order valence-corrected chi connectivity index (χ4v) is 2.95. The zero-order chi connectivity index (χ0) is 14.4. The number of nitrogens with zero attached hydrogens (tertiary/aromatic N) is 2.